The summed E-state index contributed by atoms with van der Waals surface area (Å²) in [6, 6.07) is 26.6. The van der Waals surface area contributed by atoms with Crippen LogP contribution < -0.4 is 15.2 Å². The predicted octanol–water partition coefficient (Wildman–Crippen LogP) is 7.15. The fourth-order valence-corrected chi connectivity index (χ4v) is 7.14. The average molecular weight is 598 g/mol. The Kier molecular flexibility index (Phi) is 7.90. The molecule has 214 valence electrons. The third-order valence-electron chi connectivity index (χ3n) is 7.08. The van der Waals surface area contributed by atoms with Crippen molar-refractivity contribution in [3.63, 3.8) is 0 Å². The van der Waals surface area contributed by atoms with Crippen molar-refractivity contribution >= 4 is 50.6 Å². The second-order valence-electron chi connectivity index (χ2n) is 10.6. The van der Waals surface area contributed by atoms with Crippen LogP contribution in [0.3, 0.4) is 0 Å². The van der Waals surface area contributed by atoms with Crippen LogP contribution in [-0.2, 0) is 22.6 Å². The first-order valence-electron chi connectivity index (χ1n) is 13.8. The molecule has 1 amide bonds. The molecule has 0 atom stereocenters. The number of ether oxygens (including phenoxy) is 2. The second kappa shape index (κ2) is 11.8. The highest BCUT2D eigenvalue weighted by atomic mass is 32.2. The van der Waals surface area contributed by atoms with Gasteiger partial charge in [0.15, 0.2) is 5.16 Å². The lowest BCUT2D eigenvalue weighted by Gasteiger charge is -2.30. The monoisotopic (exact) mass is 597 g/mol. The highest BCUT2D eigenvalue weighted by Crippen LogP contribution is 2.38. The van der Waals surface area contributed by atoms with Crippen LogP contribution in [0, 0.1) is 0 Å². The van der Waals surface area contributed by atoms with E-state index in [-0.39, 0.29) is 22.8 Å². The van der Waals surface area contributed by atoms with E-state index in [9.17, 15) is 9.59 Å². The third-order valence-corrected chi connectivity index (χ3v) is 9.11. The molecule has 1 aliphatic rings. The number of thioether (sulfide) groups is 1. The topological polar surface area (TPSA) is 73.7 Å². The van der Waals surface area contributed by atoms with Crippen molar-refractivity contribution in [3.8, 4) is 11.4 Å². The lowest BCUT2D eigenvalue weighted by molar-refractivity contribution is -0.115. The number of nitrogens with zero attached hydrogens (tertiary/aromatic N) is 3. The summed E-state index contributed by atoms with van der Waals surface area (Å²) in [5.41, 5.74) is 2.72. The normalized spacial score (nSPS) is 14.0. The van der Waals surface area contributed by atoms with E-state index >= 15 is 0 Å². The Bertz CT molecular complexity index is 1740. The molecule has 3 aromatic carbocycles. The van der Waals surface area contributed by atoms with E-state index < -0.39 is 0 Å². The molecule has 5 aromatic rings. The van der Waals surface area contributed by atoms with Gasteiger partial charge in [-0.2, -0.15) is 0 Å². The smallest absolute Gasteiger partial charge is 0.267 e. The summed E-state index contributed by atoms with van der Waals surface area (Å²) in [7, 11) is 0. The molecule has 0 saturated carbocycles. The number of hydrogen-bond acceptors (Lipinski definition) is 7. The molecule has 0 N–H and O–H groups in total. The first-order chi connectivity index (χ1) is 20.3. The van der Waals surface area contributed by atoms with Crippen molar-refractivity contribution in [2.24, 2.45) is 0 Å². The van der Waals surface area contributed by atoms with Gasteiger partial charge in [0.25, 0.3) is 5.56 Å². The fraction of sp³-hybridized carbons (Fsp3) is 0.242. The lowest BCUT2D eigenvalue weighted by atomic mass is 9.94. The molecule has 6 rings (SSSR count). The van der Waals surface area contributed by atoms with Crippen molar-refractivity contribution in [1.82, 2.24) is 9.55 Å². The fourth-order valence-electron chi connectivity index (χ4n) is 5.14. The molecule has 0 fully saturated rings. The Balaban J connectivity index is 1.42. The number of amides is 1. The van der Waals surface area contributed by atoms with E-state index in [0.29, 0.717) is 40.7 Å². The van der Waals surface area contributed by atoms with Gasteiger partial charge in [0.1, 0.15) is 10.6 Å². The van der Waals surface area contributed by atoms with Crippen molar-refractivity contribution in [1.29, 1.82) is 0 Å². The van der Waals surface area contributed by atoms with Gasteiger partial charge >= 0.3 is 0 Å². The molecule has 7 nitrogen and oxygen atoms in total. The van der Waals surface area contributed by atoms with Crippen LogP contribution in [0.4, 0.5) is 11.4 Å². The van der Waals surface area contributed by atoms with Crippen molar-refractivity contribution < 1.29 is 14.3 Å². The lowest BCUT2D eigenvalue weighted by Crippen LogP contribution is -2.32. The summed E-state index contributed by atoms with van der Waals surface area (Å²) in [6.07, 6.45) is 0.636. The van der Waals surface area contributed by atoms with Crippen molar-refractivity contribution in [2.75, 3.05) is 17.3 Å². The number of fused-ring (bicyclic) bond motifs is 3. The SMILES string of the molecule is CCOc1ccc(-n2c(SCC(=O)N(c3ccccc3)c3ccccc3)nc3sc4c(c3c2=O)CC(C)(C)OC4)cc1. The number of rotatable bonds is 8. The minimum atomic E-state index is -0.365. The Hall–Kier alpha value is -3.92. The summed E-state index contributed by atoms with van der Waals surface area (Å²) in [5, 5.41) is 1.09. The van der Waals surface area contributed by atoms with Gasteiger partial charge < -0.3 is 9.47 Å². The van der Waals surface area contributed by atoms with E-state index in [4.69, 9.17) is 14.5 Å². The summed E-state index contributed by atoms with van der Waals surface area (Å²) in [5.74, 6) is 0.687. The number of benzene rings is 3. The zero-order chi connectivity index (χ0) is 29.3. The summed E-state index contributed by atoms with van der Waals surface area (Å²) in [6.45, 7) is 7.02. The summed E-state index contributed by atoms with van der Waals surface area (Å²) in [4.78, 5) is 36.5. The van der Waals surface area contributed by atoms with Gasteiger partial charge in [-0.25, -0.2) is 4.98 Å². The van der Waals surface area contributed by atoms with Gasteiger partial charge in [-0.05, 0) is 74.9 Å². The van der Waals surface area contributed by atoms with Crippen LogP contribution in [0.25, 0.3) is 15.9 Å². The zero-order valence-electron chi connectivity index (χ0n) is 23.7. The number of thiophene rings is 1. The molecular weight excluding hydrogens is 567 g/mol. The largest absolute Gasteiger partial charge is 0.494 e. The maximum atomic E-state index is 14.3. The molecular formula is C33H31N3O4S2. The van der Waals surface area contributed by atoms with Crippen LogP contribution >= 0.6 is 23.1 Å². The summed E-state index contributed by atoms with van der Waals surface area (Å²) < 4.78 is 13.3. The van der Waals surface area contributed by atoms with Crippen LogP contribution in [0.5, 0.6) is 5.75 Å². The number of para-hydroxylation sites is 2. The van der Waals surface area contributed by atoms with Crippen molar-refractivity contribution in [3.05, 3.63) is 106 Å². The predicted molar refractivity (Wildman–Crippen MR) is 170 cm³/mol. The summed E-state index contributed by atoms with van der Waals surface area (Å²) >= 11 is 2.76. The van der Waals surface area contributed by atoms with Gasteiger partial charge in [-0.15, -0.1) is 11.3 Å². The zero-order valence-corrected chi connectivity index (χ0v) is 25.3. The highest BCUT2D eigenvalue weighted by Gasteiger charge is 2.32. The molecule has 0 spiro atoms. The number of anilines is 2. The maximum absolute atomic E-state index is 14.3. The minimum absolute atomic E-state index is 0.0833. The highest BCUT2D eigenvalue weighted by molar-refractivity contribution is 7.99. The van der Waals surface area contributed by atoms with Crippen LogP contribution in [0.2, 0.25) is 0 Å². The Morgan fingerprint density at radius 1 is 1.02 bits per heavy atom. The van der Waals surface area contributed by atoms with Crippen LogP contribution in [0.1, 0.15) is 31.2 Å². The van der Waals surface area contributed by atoms with Crippen LogP contribution in [0.15, 0.2) is 94.9 Å². The second-order valence-corrected chi connectivity index (χ2v) is 12.6. The van der Waals surface area contributed by atoms with Gasteiger partial charge in [-0.3, -0.25) is 19.1 Å². The van der Waals surface area contributed by atoms with Gasteiger partial charge in [0, 0.05) is 22.7 Å². The van der Waals surface area contributed by atoms with E-state index in [0.717, 1.165) is 27.6 Å². The average Bonchev–Trinajstić information content (AvgIpc) is 3.35. The molecule has 9 heteroatoms. The number of carbonyl (C=O) groups is 1. The number of hydrogen-bond donors (Lipinski definition) is 0. The maximum Gasteiger partial charge on any atom is 0.267 e. The quantitative estimate of drug-likeness (QED) is 0.140. The van der Waals surface area contributed by atoms with E-state index in [1.807, 2.05) is 106 Å². The first-order valence-corrected chi connectivity index (χ1v) is 15.6. The van der Waals surface area contributed by atoms with E-state index in [2.05, 4.69) is 0 Å². The third kappa shape index (κ3) is 5.60. The molecule has 0 aliphatic carbocycles. The van der Waals surface area contributed by atoms with Crippen LogP contribution in [-0.4, -0.2) is 33.4 Å². The van der Waals surface area contributed by atoms with E-state index in [1.54, 1.807) is 9.47 Å². The standard InChI is InChI=1S/C33H31N3O4S2/c1-4-39-25-17-15-24(16-18-25)36-31(38)29-26-19-33(2,3)40-20-27(26)42-30(29)34-32(36)41-21-28(37)35(22-11-7-5-8-12-22)23-13-9-6-10-14-23/h5-18H,4,19-21H2,1-3H3. The minimum Gasteiger partial charge on any atom is -0.494 e. The Morgan fingerprint density at radius 2 is 1.67 bits per heavy atom. The van der Waals surface area contributed by atoms with Crippen molar-refractivity contribution in [2.45, 2.75) is 44.6 Å². The number of aromatic nitrogens is 2. The Morgan fingerprint density at radius 3 is 2.29 bits per heavy atom. The van der Waals surface area contributed by atoms with Gasteiger partial charge in [-0.1, -0.05) is 48.2 Å². The molecule has 0 radical (unpaired) electrons. The van der Waals surface area contributed by atoms with E-state index in [1.165, 1.54) is 23.1 Å². The number of carbonyl (C=O) groups excluding carboxylic acids is 1. The first kappa shape index (κ1) is 28.2. The molecule has 42 heavy (non-hydrogen) atoms. The Labute approximate surface area is 252 Å². The molecule has 2 aromatic heterocycles. The van der Waals surface area contributed by atoms with Gasteiger partial charge in [0.2, 0.25) is 5.91 Å². The van der Waals surface area contributed by atoms with Gasteiger partial charge in [0.05, 0.1) is 35.6 Å². The molecule has 0 unspecified atom stereocenters. The molecule has 3 heterocycles. The molecule has 0 bridgehead atoms. The molecule has 1 aliphatic heterocycles. The molecule has 0 saturated heterocycles.